The Bertz CT molecular complexity index is 975. The molecule has 3 N–H and O–H groups in total. The molecule has 1 heterocycles. The van der Waals surface area contributed by atoms with Gasteiger partial charge in [0.25, 0.3) is 0 Å². The Hall–Kier alpha value is -3.67. The molecule has 0 fully saturated rings. The summed E-state index contributed by atoms with van der Waals surface area (Å²) in [7, 11) is 0. The third-order valence-corrected chi connectivity index (χ3v) is 4.53. The van der Waals surface area contributed by atoms with Crippen molar-refractivity contribution >= 4 is 30.0 Å². The van der Waals surface area contributed by atoms with Crippen LogP contribution in [0.25, 0.3) is 0 Å². The Morgan fingerprint density at radius 1 is 1.00 bits per heavy atom. The summed E-state index contributed by atoms with van der Waals surface area (Å²) in [5.74, 6) is -3.29. The first-order chi connectivity index (χ1) is 16.3. The SMILES string of the molecule is CC(C)OC(=O)[C@H](Cc1ccc2c(c1)OC(=O)CC(N)C(=O)O2)NC(=O)OC(C)OC(=O)C(C)C. The van der Waals surface area contributed by atoms with Crippen molar-refractivity contribution in [3.63, 3.8) is 0 Å². The van der Waals surface area contributed by atoms with Crippen molar-refractivity contribution in [2.24, 2.45) is 11.7 Å². The lowest BCUT2D eigenvalue weighted by molar-refractivity contribution is -0.169. The highest BCUT2D eigenvalue weighted by molar-refractivity contribution is 5.87. The van der Waals surface area contributed by atoms with E-state index in [0.29, 0.717) is 5.56 Å². The minimum absolute atomic E-state index is 0.0169. The summed E-state index contributed by atoms with van der Waals surface area (Å²) in [6.07, 6.45) is -3.12. The molecular formula is C23H30N2O10. The van der Waals surface area contributed by atoms with Crippen LogP contribution in [0.1, 0.15) is 46.6 Å². The van der Waals surface area contributed by atoms with Gasteiger partial charge in [0.1, 0.15) is 12.1 Å². The summed E-state index contributed by atoms with van der Waals surface area (Å²) in [6.45, 7) is 7.90. The van der Waals surface area contributed by atoms with Gasteiger partial charge in [-0.2, -0.15) is 0 Å². The quantitative estimate of drug-likeness (QED) is 0.304. The summed E-state index contributed by atoms with van der Waals surface area (Å²) in [6, 6.07) is 1.94. The molecule has 0 aromatic heterocycles. The highest BCUT2D eigenvalue weighted by Gasteiger charge is 2.29. The molecule has 12 nitrogen and oxygen atoms in total. The summed E-state index contributed by atoms with van der Waals surface area (Å²) < 4.78 is 25.6. The fraction of sp³-hybridized carbons (Fsp3) is 0.522. The van der Waals surface area contributed by atoms with E-state index >= 15 is 0 Å². The van der Waals surface area contributed by atoms with Crippen LogP contribution in [0.5, 0.6) is 11.5 Å². The predicted octanol–water partition coefficient (Wildman–Crippen LogP) is 1.36. The molecule has 2 unspecified atom stereocenters. The van der Waals surface area contributed by atoms with Crippen molar-refractivity contribution in [3.8, 4) is 11.5 Å². The lowest BCUT2D eigenvalue weighted by atomic mass is 10.0. The number of ether oxygens (including phenoxy) is 5. The van der Waals surface area contributed by atoms with Gasteiger partial charge in [0.2, 0.25) is 6.29 Å². The topological polar surface area (TPSA) is 170 Å². The second-order valence-corrected chi connectivity index (χ2v) is 8.44. The standard InChI is InChI=1S/C23H30N2O10/c1-11(2)20(27)32-13(5)33-23(30)25-16(22(29)31-12(3)4)8-14-6-7-17-18(9-14)34-19(26)10-15(24)21(28)35-17/h6-7,9,11-13,15-16H,8,10,24H2,1-5H3,(H,25,30)/t13?,15?,16-/m0/s1. The molecule has 0 spiro atoms. The maximum atomic E-state index is 12.6. The molecule has 2 rings (SSSR count). The average molecular weight is 494 g/mol. The number of carbonyl (C=O) groups is 5. The van der Waals surface area contributed by atoms with Crippen molar-refractivity contribution < 1.29 is 47.7 Å². The van der Waals surface area contributed by atoms with Crippen LogP contribution in [0.15, 0.2) is 18.2 Å². The van der Waals surface area contributed by atoms with E-state index in [1.165, 1.54) is 25.1 Å². The maximum Gasteiger partial charge on any atom is 0.410 e. The van der Waals surface area contributed by atoms with E-state index in [1.54, 1.807) is 27.7 Å². The summed E-state index contributed by atoms with van der Waals surface area (Å²) >= 11 is 0. The molecule has 0 saturated heterocycles. The number of nitrogens with two attached hydrogens (primary N) is 1. The number of nitrogens with one attached hydrogen (secondary N) is 1. The van der Waals surface area contributed by atoms with E-state index in [4.69, 9.17) is 29.4 Å². The molecule has 0 radical (unpaired) electrons. The zero-order valence-electron chi connectivity index (χ0n) is 20.2. The zero-order valence-corrected chi connectivity index (χ0v) is 20.2. The van der Waals surface area contributed by atoms with Crippen LogP contribution in [0.3, 0.4) is 0 Å². The third kappa shape index (κ3) is 8.56. The fourth-order valence-electron chi connectivity index (χ4n) is 2.85. The van der Waals surface area contributed by atoms with Gasteiger partial charge >= 0.3 is 30.0 Å². The number of benzene rings is 1. The van der Waals surface area contributed by atoms with Gasteiger partial charge in [-0.15, -0.1) is 0 Å². The maximum absolute atomic E-state index is 12.6. The van der Waals surface area contributed by atoms with E-state index in [0.717, 1.165) is 0 Å². The number of hydrogen-bond acceptors (Lipinski definition) is 11. The van der Waals surface area contributed by atoms with Gasteiger partial charge in [-0.1, -0.05) is 19.9 Å². The number of alkyl carbamates (subject to hydrolysis) is 1. The molecule has 12 heteroatoms. The largest absolute Gasteiger partial charge is 0.461 e. The Labute approximate surface area is 202 Å². The summed E-state index contributed by atoms with van der Waals surface area (Å²) in [5, 5.41) is 2.39. The molecule has 0 bridgehead atoms. The predicted molar refractivity (Wildman–Crippen MR) is 119 cm³/mol. The molecule has 192 valence electrons. The highest BCUT2D eigenvalue weighted by Crippen LogP contribution is 2.31. The molecule has 1 aromatic carbocycles. The van der Waals surface area contributed by atoms with Gasteiger partial charge in [-0.25, -0.2) is 14.4 Å². The van der Waals surface area contributed by atoms with Crippen molar-refractivity contribution in [3.05, 3.63) is 23.8 Å². The van der Waals surface area contributed by atoms with Gasteiger partial charge in [-0.05, 0) is 31.5 Å². The van der Waals surface area contributed by atoms with Crippen LogP contribution in [-0.4, -0.2) is 54.4 Å². The van der Waals surface area contributed by atoms with Crippen LogP contribution in [0.2, 0.25) is 0 Å². The van der Waals surface area contributed by atoms with Crippen LogP contribution < -0.4 is 20.5 Å². The van der Waals surface area contributed by atoms with E-state index in [-0.39, 0.29) is 24.3 Å². The van der Waals surface area contributed by atoms with Crippen molar-refractivity contribution in [1.82, 2.24) is 5.32 Å². The smallest absolute Gasteiger partial charge is 0.410 e. The monoisotopic (exact) mass is 494 g/mol. The Balaban J connectivity index is 2.17. The van der Waals surface area contributed by atoms with Crippen molar-refractivity contribution in [2.75, 3.05) is 0 Å². The Morgan fingerprint density at radius 3 is 2.31 bits per heavy atom. The minimum Gasteiger partial charge on any atom is -0.461 e. The first-order valence-corrected chi connectivity index (χ1v) is 11.0. The van der Waals surface area contributed by atoms with E-state index in [9.17, 15) is 24.0 Å². The number of rotatable bonds is 8. The van der Waals surface area contributed by atoms with Crippen LogP contribution in [0, 0.1) is 5.92 Å². The second kappa shape index (κ2) is 12.2. The molecule has 1 amide bonds. The zero-order chi connectivity index (χ0) is 26.3. The Morgan fingerprint density at radius 2 is 1.69 bits per heavy atom. The lowest BCUT2D eigenvalue weighted by Gasteiger charge is -2.22. The highest BCUT2D eigenvalue weighted by atomic mass is 16.7. The summed E-state index contributed by atoms with van der Waals surface area (Å²) in [5.41, 5.74) is 6.03. The van der Waals surface area contributed by atoms with E-state index in [2.05, 4.69) is 5.32 Å². The number of amides is 1. The third-order valence-electron chi connectivity index (χ3n) is 4.53. The van der Waals surface area contributed by atoms with Crippen molar-refractivity contribution in [1.29, 1.82) is 0 Å². The van der Waals surface area contributed by atoms with Gasteiger partial charge in [0.05, 0.1) is 18.4 Å². The van der Waals surface area contributed by atoms with Gasteiger partial charge in [-0.3, -0.25) is 9.59 Å². The van der Waals surface area contributed by atoms with Gasteiger partial charge in [0.15, 0.2) is 11.5 Å². The second-order valence-electron chi connectivity index (χ2n) is 8.44. The van der Waals surface area contributed by atoms with E-state index < -0.39 is 60.4 Å². The summed E-state index contributed by atoms with van der Waals surface area (Å²) in [4.78, 5) is 60.6. The molecular weight excluding hydrogens is 464 g/mol. The molecule has 1 aliphatic heterocycles. The number of fused-ring (bicyclic) bond motifs is 1. The number of carbonyl (C=O) groups excluding carboxylic acids is 5. The lowest BCUT2D eigenvalue weighted by Crippen LogP contribution is -2.45. The average Bonchev–Trinajstić information content (AvgIpc) is 2.73. The number of hydrogen-bond donors (Lipinski definition) is 2. The Kier molecular flexibility index (Phi) is 9.58. The number of esters is 4. The van der Waals surface area contributed by atoms with Crippen molar-refractivity contribution in [2.45, 2.75) is 71.9 Å². The fourth-order valence-corrected chi connectivity index (χ4v) is 2.85. The minimum atomic E-state index is -1.20. The van der Waals surface area contributed by atoms with Crippen LogP contribution in [-0.2, 0) is 39.8 Å². The molecule has 3 atom stereocenters. The molecule has 1 aromatic rings. The molecule has 35 heavy (non-hydrogen) atoms. The first-order valence-electron chi connectivity index (χ1n) is 11.0. The van der Waals surface area contributed by atoms with Crippen LogP contribution >= 0.6 is 0 Å². The molecule has 1 aliphatic rings. The van der Waals surface area contributed by atoms with Crippen LogP contribution in [0.4, 0.5) is 4.79 Å². The molecule has 0 saturated carbocycles. The van der Waals surface area contributed by atoms with Gasteiger partial charge < -0.3 is 34.7 Å². The molecule has 0 aliphatic carbocycles. The van der Waals surface area contributed by atoms with Gasteiger partial charge in [0, 0.05) is 13.3 Å². The van der Waals surface area contributed by atoms with E-state index in [1.807, 2.05) is 0 Å². The normalized spacial score (nSPS) is 17.2. The first kappa shape index (κ1) is 27.6.